The maximum Gasteiger partial charge on any atom is 0.275 e. The van der Waals surface area contributed by atoms with E-state index in [1.54, 1.807) is 0 Å². The molecule has 0 saturated heterocycles. The monoisotopic (exact) mass is 300 g/mol. The van der Waals surface area contributed by atoms with E-state index in [0.29, 0.717) is 18.2 Å². The van der Waals surface area contributed by atoms with Gasteiger partial charge in [-0.3, -0.25) is 10.1 Å². The summed E-state index contributed by atoms with van der Waals surface area (Å²) in [5.41, 5.74) is -1.36. The molecule has 0 amide bonds. The summed E-state index contributed by atoms with van der Waals surface area (Å²) in [5, 5.41) is 12.7. The Labute approximate surface area is 116 Å². The molecule has 21 heavy (non-hydrogen) atoms. The van der Waals surface area contributed by atoms with E-state index < -0.39 is 39.6 Å². The van der Waals surface area contributed by atoms with Crippen molar-refractivity contribution in [1.29, 1.82) is 0 Å². The zero-order valence-corrected chi connectivity index (χ0v) is 10.4. The van der Waals surface area contributed by atoms with Crippen LogP contribution in [0.1, 0.15) is 5.56 Å². The number of rotatable bonds is 4. The smallest absolute Gasteiger partial charge is 0.275 e. The average Bonchev–Trinajstić information content (AvgIpc) is 2.39. The van der Waals surface area contributed by atoms with Crippen molar-refractivity contribution in [3.8, 4) is 0 Å². The van der Waals surface area contributed by atoms with Crippen LogP contribution in [0.4, 0.5) is 28.9 Å². The van der Waals surface area contributed by atoms with Gasteiger partial charge < -0.3 is 5.32 Å². The Bertz CT molecular complexity index is 684. The van der Waals surface area contributed by atoms with Gasteiger partial charge in [-0.1, -0.05) is 6.07 Å². The van der Waals surface area contributed by atoms with Crippen molar-refractivity contribution in [2.75, 3.05) is 5.32 Å². The number of nitrogens with one attached hydrogen (secondary N) is 1. The average molecular weight is 300 g/mol. The highest BCUT2D eigenvalue weighted by Gasteiger charge is 2.17. The summed E-state index contributed by atoms with van der Waals surface area (Å²) in [6.07, 6.45) is 0. The number of hydrogen-bond acceptors (Lipinski definition) is 3. The molecule has 0 bridgehead atoms. The van der Waals surface area contributed by atoms with Crippen LogP contribution < -0.4 is 5.32 Å². The van der Waals surface area contributed by atoms with Crippen molar-refractivity contribution >= 4 is 11.4 Å². The van der Waals surface area contributed by atoms with Crippen LogP contribution in [0, 0.1) is 33.4 Å². The van der Waals surface area contributed by atoms with Gasteiger partial charge in [0.2, 0.25) is 0 Å². The van der Waals surface area contributed by atoms with Crippen LogP contribution in [0.15, 0.2) is 30.3 Å². The van der Waals surface area contributed by atoms with Gasteiger partial charge in [0, 0.05) is 18.2 Å². The van der Waals surface area contributed by atoms with Crippen LogP contribution in [0.2, 0.25) is 0 Å². The fourth-order valence-electron chi connectivity index (χ4n) is 1.68. The van der Waals surface area contributed by atoms with Gasteiger partial charge in [-0.25, -0.2) is 17.6 Å². The van der Waals surface area contributed by atoms with Crippen LogP contribution in [0.25, 0.3) is 0 Å². The normalized spacial score (nSPS) is 10.5. The number of nitro benzene ring substituents is 1. The minimum Gasteiger partial charge on any atom is -0.376 e. The Morgan fingerprint density at radius 2 is 1.62 bits per heavy atom. The summed E-state index contributed by atoms with van der Waals surface area (Å²) >= 11 is 0. The second kappa shape index (κ2) is 5.78. The Morgan fingerprint density at radius 3 is 2.14 bits per heavy atom. The lowest BCUT2D eigenvalue weighted by molar-refractivity contribution is -0.385. The maximum absolute atomic E-state index is 13.6. The van der Waals surface area contributed by atoms with Crippen molar-refractivity contribution in [2.45, 2.75) is 6.54 Å². The molecule has 0 aliphatic carbocycles. The largest absolute Gasteiger partial charge is 0.376 e. The predicted molar refractivity (Wildman–Crippen MR) is 66.7 cm³/mol. The second-order valence-electron chi connectivity index (χ2n) is 4.13. The van der Waals surface area contributed by atoms with Gasteiger partial charge in [-0.2, -0.15) is 0 Å². The summed E-state index contributed by atoms with van der Waals surface area (Å²) in [6, 6.07) is 3.86. The van der Waals surface area contributed by atoms with Crippen molar-refractivity contribution < 1.29 is 22.5 Å². The number of nitrogens with zero attached hydrogens (tertiary/aromatic N) is 1. The molecule has 1 N–H and O–H groups in total. The predicted octanol–water partition coefficient (Wildman–Crippen LogP) is 3.76. The molecule has 110 valence electrons. The third-order valence-corrected chi connectivity index (χ3v) is 2.71. The highest BCUT2D eigenvalue weighted by atomic mass is 19.1. The second-order valence-corrected chi connectivity index (χ2v) is 4.13. The topological polar surface area (TPSA) is 55.2 Å². The summed E-state index contributed by atoms with van der Waals surface area (Å²) < 4.78 is 53.2. The number of non-ortho nitro benzene ring substituents is 1. The number of halogens is 4. The van der Waals surface area contributed by atoms with Gasteiger partial charge in [0.15, 0.2) is 11.6 Å². The molecule has 0 spiro atoms. The first-order valence-electron chi connectivity index (χ1n) is 5.69. The molecule has 0 fully saturated rings. The molecule has 0 aromatic heterocycles. The minimum atomic E-state index is -1.18. The Balaban J connectivity index is 2.22. The standard InChI is InChI=1S/C13H8F4N2O2/c14-8-2-1-7(10(15)3-8)6-18-13-11(16)4-9(19(20)21)5-12(13)17/h1-5,18H,6H2. The quantitative estimate of drug-likeness (QED) is 0.531. The van der Waals surface area contributed by atoms with Crippen LogP contribution in [-0.2, 0) is 6.54 Å². The van der Waals surface area contributed by atoms with Crippen LogP contribution in [-0.4, -0.2) is 4.92 Å². The molecule has 0 saturated carbocycles. The minimum absolute atomic E-state index is 0.00597. The number of hydrogen-bond donors (Lipinski definition) is 1. The lowest BCUT2D eigenvalue weighted by atomic mass is 10.2. The van der Waals surface area contributed by atoms with Crippen molar-refractivity contribution in [3.05, 3.63) is 69.3 Å². The lowest BCUT2D eigenvalue weighted by Gasteiger charge is -2.09. The molecule has 0 aliphatic heterocycles. The summed E-state index contributed by atoms with van der Waals surface area (Å²) in [7, 11) is 0. The van der Waals surface area contributed by atoms with Gasteiger partial charge in [-0.05, 0) is 6.07 Å². The van der Waals surface area contributed by atoms with E-state index in [-0.39, 0.29) is 12.1 Å². The van der Waals surface area contributed by atoms with E-state index >= 15 is 0 Å². The fourth-order valence-corrected chi connectivity index (χ4v) is 1.68. The van der Waals surface area contributed by atoms with E-state index in [4.69, 9.17) is 0 Å². The SMILES string of the molecule is O=[N+]([O-])c1cc(F)c(NCc2ccc(F)cc2F)c(F)c1. The third kappa shape index (κ3) is 3.28. The number of anilines is 1. The first kappa shape index (κ1) is 14.8. The molecule has 8 heteroatoms. The molecular weight excluding hydrogens is 292 g/mol. The molecule has 2 aromatic carbocycles. The molecule has 0 heterocycles. The van der Waals surface area contributed by atoms with Crippen LogP contribution >= 0.6 is 0 Å². The zero-order chi connectivity index (χ0) is 15.6. The summed E-state index contributed by atoms with van der Waals surface area (Å²) in [4.78, 5) is 9.50. The third-order valence-electron chi connectivity index (χ3n) is 2.71. The van der Waals surface area contributed by atoms with E-state index in [1.807, 2.05) is 0 Å². The molecule has 2 aromatic rings. The molecule has 0 radical (unpaired) electrons. The van der Waals surface area contributed by atoms with Gasteiger partial charge in [-0.15, -0.1) is 0 Å². The van der Waals surface area contributed by atoms with Gasteiger partial charge in [0.25, 0.3) is 5.69 Å². The van der Waals surface area contributed by atoms with E-state index in [0.717, 1.165) is 12.1 Å². The van der Waals surface area contributed by atoms with Crippen molar-refractivity contribution in [2.24, 2.45) is 0 Å². The Morgan fingerprint density at radius 1 is 1.00 bits per heavy atom. The molecule has 0 unspecified atom stereocenters. The molecular formula is C13H8F4N2O2. The van der Waals surface area contributed by atoms with Crippen LogP contribution in [0.5, 0.6) is 0 Å². The Hall–Kier alpha value is -2.64. The Kier molecular flexibility index (Phi) is 4.06. The number of nitro groups is 1. The highest BCUT2D eigenvalue weighted by Crippen LogP contribution is 2.25. The van der Waals surface area contributed by atoms with Crippen molar-refractivity contribution in [3.63, 3.8) is 0 Å². The summed E-state index contributed by atoms with van der Waals surface area (Å²) in [5.74, 6) is -4.00. The van der Waals surface area contributed by atoms with E-state index in [1.165, 1.54) is 0 Å². The van der Waals surface area contributed by atoms with Gasteiger partial charge >= 0.3 is 0 Å². The maximum atomic E-state index is 13.6. The van der Waals surface area contributed by atoms with Crippen LogP contribution in [0.3, 0.4) is 0 Å². The molecule has 0 atom stereocenters. The molecule has 4 nitrogen and oxygen atoms in total. The molecule has 0 aliphatic rings. The molecule has 2 rings (SSSR count). The first-order valence-corrected chi connectivity index (χ1v) is 5.69. The highest BCUT2D eigenvalue weighted by molar-refractivity contribution is 5.52. The first-order chi connectivity index (χ1) is 9.88. The zero-order valence-electron chi connectivity index (χ0n) is 10.4. The fraction of sp³-hybridized carbons (Fsp3) is 0.0769. The summed E-state index contributed by atoms with van der Waals surface area (Å²) in [6.45, 7) is -0.308. The van der Waals surface area contributed by atoms with E-state index in [2.05, 4.69) is 5.32 Å². The van der Waals surface area contributed by atoms with E-state index in [9.17, 15) is 27.7 Å². The van der Waals surface area contributed by atoms with Gasteiger partial charge in [0.05, 0.1) is 17.1 Å². The van der Waals surface area contributed by atoms with Gasteiger partial charge in [0.1, 0.15) is 17.3 Å². The number of benzene rings is 2. The lowest BCUT2D eigenvalue weighted by Crippen LogP contribution is -2.06. The van der Waals surface area contributed by atoms with Crippen molar-refractivity contribution in [1.82, 2.24) is 0 Å².